The lowest BCUT2D eigenvalue weighted by molar-refractivity contribution is 0.784. The molecule has 0 radical (unpaired) electrons. The summed E-state index contributed by atoms with van der Waals surface area (Å²) in [6, 6.07) is 42.6. The maximum absolute atomic E-state index is 4.31. The van der Waals surface area contributed by atoms with Gasteiger partial charge in [0.25, 0.3) is 0 Å². The molecule has 2 nitrogen and oxygen atoms in total. The number of hydrogen-bond donors (Lipinski definition) is 0. The van der Waals surface area contributed by atoms with Gasteiger partial charge in [-0.2, -0.15) is 0 Å². The fourth-order valence-electron chi connectivity index (χ4n) is 4.68. The van der Waals surface area contributed by atoms with Crippen LogP contribution in [0.25, 0.3) is 0 Å². The molecule has 1 atom stereocenters. The number of para-hydroxylation sites is 4. The normalized spacial score (nSPS) is 12.4. The fourth-order valence-corrected chi connectivity index (χ4v) is 4.68. The quantitative estimate of drug-likeness (QED) is 0.218. The van der Waals surface area contributed by atoms with Gasteiger partial charge in [0.05, 0.1) is 6.04 Å². The number of hydrogen-bond acceptors (Lipinski definition) is 2. The fraction of sp³-hybridized carbons (Fsp3) is 0.152. The summed E-state index contributed by atoms with van der Waals surface area (Å²) in [6.07, 6.45) is 4.02. The lowest BCUT2D eigenvalue weighted by atomic mass is 9.98. The third kappa shape index (κ3) is 5.55. The SMILES string of the molecule is C=C/C(=C(/CCC)N(c1ccccc1)c1ccccc1)C(C)N(c1ccccc1)c1ccccc1. The average molecular weight is 459 g/mol. The molecule has 1 unspecified atom stereocenters. The zero-order chi connectivity index (χ0) is 24.5. The molecular formula is C33H34N2. The molecule has 4 rings (SSSR count). The van der Waals surface area contributed by atoms with E-state index < -0.39 is 0 Å². The van der Waals surface area contributed by atoms with Gasteiger partial charge in [-0.05, 0) is 67.4 Å². The van der Waals surface area contributed by atoms with Crippen LogP contribution in [-0.4, -0.2) is 6.04 Å². The second-order valence-corrected chi connectivity index (χ2v) is 8.58. The Hall–Kier alpha value is -4.04. The minimum absolute atomic E-state index is 0.0637. The standard InChI is InChI=1S/C33H34N2/c1-4-18-33(35(30-23-14-8-15-24-30)31-25-16-9-17-26-31)32(5-2)27(3)34(28-19-10-6-11-20-28)29-21-12-7-13-22-29/h5-17,19-27H,2,4,18H2,1,3H3/b33-32+. The van der Waals surface area contributed by atoms with Crippen LogP contribution < -0.4 is 9.80 Å². The number of benzene rings is 4. The summed E-state index contributed by atoms with van der Waals surface area (Å²) in [5.74, 6) is 0. The highest BCUT2D eigenvalue weighted by Gasteiger charge is 2.25. The Balaban J connectivity index is 1.92. The Bertz CT molecular complexity index is 1140. The minimum atomic E-state index is 0.0637. The number of rotatable bonds is 10. The van der Waals surface area contributed by atoms with E-state index in [-0.39, 0.29) is 6.04 Å². The highest BCUT2D eigenvalue weighted by molar-refractivity contribution is 5.71. The maximum atomic E-state index is 4.31. The van der Waals surface area contributed by atoms with Gasteiger partial charge in [0.15, 0.2) is 0 Å². The highest BCUT2D eigenvalue weighted by atomic mass is 15.2. The summed E-state index contributed by atoms with van der Waals surface area (Å²) in [7, 11) is 0. The first-order valence-electron chi connectivity index (χ1n) is 12.4. The second-order valence-electron chi connectivity index (χ2n) is 8.58. The Labute approximate surface area is 210 Å². The van der Waals surface area contributed by atoms with Crippen molar-refractivity contribution < 1.29 is 0 Å². The van der Waals surface area contributed by atoms with Crippen molar-refractivity contribution in [3.05, 3.63) is 145 Å². The van der Waals surface area contributed by atoms with E-state index in [9.17, 15) is 0 Å². The van der Waals surface area contributed by atoms with Crippen molar-refractivity contribution in [1.29, 1.82) is 0 Å². The smallest absolute Gasteiger partial charge is 0.0580 e. The van der Waals surface area contributed by atoms with Gasteiger partial charge < -0.3 is 9.80 Å². The van der Waals surface area contributed by atoms with Crippen molar-refractivity contribution in [3.8, 4) is 0 Å². The Kier molecular flexibility index (Phi) is 8.19. The first-order valence-corrected chi connectivity index (χ1v) is 12.4. The molecule has 4 aromatic carbocycles. The van der Waals surface area contributed by atoms with E-state index in [4.69, 9.17) is 0 Å². The van der Waals surface area contributed by atoms with Crippen LogP contribution in [0.15, 0.2) is 145 Å². The molecule has 35 heavy (non-hydrogen) atoms. The van der Waals surface area contributed by atoms with Gasteiger partial charge in [-0.3, -0.25) is 0 Å². The van der Waals surface area contributed by atoms with E-state index in [1.54, 1.807) is 0 Å². The molecule has 0 saturated heterocycles. The van der Waals surface area contributed by atoms with Gasteiger partial charge in [-0.15, -0.1) is 0 Å². The molecule has 0 saturated carbocycles. The summed E-state index contributed by atoms with van der Waals surface area (Å²) in [5, 5.41) is 0. The van der Waals surface area contributed by atoms with Gasteiger partial charge >= 0.3 is 0 Å². The molecule has 0 aliphatic heterocycles. The molecule has 4 aromatic rings. The van der Waals surface area contributed by atoms with E-state index in [1.807, 2.05) is 6.08 Å². The lowest BCUT2D eigenvalue weighted by Crippen LogP contribution is -2.32. The van der Waals surface area contributed by atoms with Crippen molar-refractivity contribution in [2.75, 3.05) is 9.80 Å². The maximum Gasteiger partial charge on any atom is 0.0580 e. The monoisotopic (exact) mass is 458 g/mol. The largest absolute Gasteiger partial charge is 0.334 e. The van der Waals surface area contributed by atoms with Gasteiger partial charge in [0, 0.05) is 28.4 Å². The molecule has 2 heteroatoms. The summed E-state index contributed by atoms with van der Waals surface area (Å²) >= 11 is 0. The predicted molar refractivity (Wildman–Crippen MR) is 152 cm³/mol. The Morgan fingerprint density at radius 2 is 1.03 bits per heavy atom. The highest BCUT2D eigenvalue weighted by Crippen LogP contribution is 2.37. The first-order chi connectivity index (χ1) is 17.2. The molecule has 0 aromatic heterocycles. The summed E-state index contributed by atoms with van der Waals surface area (Å²) in [6.45, 7) is 8.83. The third-order valence-electron chi connectivity index (χ3n) is 6.24. The van der Waals surface area contributed by atoms with Crippen LogP contribution in [0.1, 0.15) is 26.7 Å². The lowest BCUT2D eigenvalue weighted by Gasteiger charge is -2.36. The Morgan fingerprint density at radius 1 is 0.657 bits per heavy atom. The van der Waals surface area contributed by atoms with Crippen LogP contribution in [0.4, 0.5) is 22.7 Å². The predicted octanol–water partition coefficient (Wildman–Crippen LogP) is 9.29. The molecular weight excluding hydrogens is 424 g/mol. The van der Waals surface area contributed by atoms with Crippen molar-refractivity contribution in [1.82, 2.24) is 0 Å². The molecule has 0 N–H and O–H groups in total. The van der Waals surface area contributed by atoms with Crippen LogP contribution in [0, 0.1) is 0 Å². The molecule has 0 aliphatic carbocycles. The summed E-state index contributed by atoms with van der Waals surface area (Å²) in [5.41, 5.74) is 7.11. The molecule has 0 heterocycles. The molecule has 0 amide bonds. The van der Waals surface area contributed by atoms with E-state index in [2.05, 4.69) is 152 Å². The van der Waals surface area contributed by atoms with E-state index >= 15 is 0 Å². The molecule has 176 valence electrons. The average Bonchev–Trinajstić information content (AvgIpc) is 2.92. The van der Waals surface area contributed by atoms with Crippen LogP contribution in [0.3, 0.4) is 0 Å². The van der Waals surface area contributed by atoms with Gasteiger partial charge in [-0.25, -0.2) is 0 Å². The van der Waals surface area contributed by atoms with Crippen molar-refractivity contribution >= 4 is 22.7 Å². The van der Waals surface area contributed by atoms with Crippen molar-refractivity contribution in [3.63, 3.8) is 0 Å². The van der Waals surface area contributed by atoms with Crippen LogP contribution in [-0.2, 0) is 0 Å². The van der Waals surface area contributed by atoms with Crippen molar-refractivity contribution in [2.24, 2.45) is 0 Å². The third-order valence-corrected chi connectivity index (χ3v) is 6.24. The van der Waals surface area contributed by atoms with Crippen LogP contribution in [0.2, 0.25) is 0 Å². The van der Waals surface area contributed by atoms with E-state index in [1.165, 1.54) is 11.3 Å². The summed E-state index contributed by atoms with van der Waals surface area (Å²) in [4.78, 5) is 4.80. The molecule has 0 aliphatic rings. The van der Waals surface area contributed by atoms with Crippen LogP contribution in [0.5, 0.6) is 0 Å². The number of nitrogens with zero attached hydrogens (tertiary/aromatic N) is 2. The first kappa shape index (κ1) is 24.1. The Morgan fingerprint density at radius 3 is 1.37 bits per heavy atom. The van der Waals surface area contributed by atoms with Crippen LogP contribution >= 0.6 is 0 Å². The molecule has 0 spiro atoms. The molecule has 0 fully saturated rings. The number of anilines is 4. The van der Waals surface area contributed by atoms with E-state index in [0.29, 0.717) is 0 Å². The van der Waals surface area contributed by atoms with Gasteiger partial charge in [-0.1, -0.05) is 98.8 Å². The minimum Gasteiger partial charge on any atom is -0.334 e. The second kappa shape index (κ2) is 11.9. The topological polar surface area (TPSA) is 6.48 Å². The van der Waals surface area contributed by atoms with E-state index in [0.717, 1.165) is 35.6 Å². The number of allylic oxidation sites excluding steroid dienone is 1. The molecule has 0 bridgehead atoms. The summed E-state index contributed by atoms with van der Waals surface area (Å²) < 4.78 is 0. The van der Waals surface area contributed by atoms with Gasteiger partial charge in [0.2, 0.25) is 0 Å². The van der Waals surface area contributed by atoms with Crippen molar-refractivity contribution in [2.45, 2.75) is 32.7 Å². The zero-order valence-corrected chi connectivity index (χ0v) is 20.7. The van der Waals surface area contributed by atoms with Gasteiger partial charge in [0.1, 0.15) is 0 Å². The zero-order valence-electron chi connectivity index (χ0n) is 20.7.